The van der Waals surface area contributed by atoms with Gasteiger partial charge in [0.2, 0.25) is 11.8 Å². The highest BCUT2D eigenvalue weighted by Gasteiger charge is 2.06. The first kappa shape index (κ1) is 32.5. The van der Waals surface area contributed by atoms with Crippen molar-refractivity contribution in [2.75, 3.05) is 26.4 Å². The van der Waals surface area contributed by atoms with E-state index in [-0.39, 0.29) is 13.2 Å². The Morgan fingerprint density at radius 1 is 0.391 bits per heavy atom. The van der Waals surface area contributed by atoms with E-state index in [4.69, 9.17) is 29.2 Å². The largest absolute Gasteiger partial charge is 0.494 e. The van der Waals surface area contributed by atoms with Gasteiger partial charge in [0.15, 0.2) is 0 Å². The first-order chi connectivity index (χ1) is 22.7. The second-order valence-electron chi connectivity index (χ2n) is 10.9. The Bertz CT molecular complexity index is 1470. The molecule has 0 atom stereocenters. The molecule has 7 nitrogen and oxygen atoms in total. The van der Waals surface area contributed by atoms with Gasteiger partial charge in [0.1, 0.15) is 23.0 Å². The predicted molar refractivity (Wildman–Crippen MR) is 181 cm³/mol. The summed E-state index contributed by atoms with van der Waals surface area (Å²) in [5.74, 6) is 3.93. The van der Waals surface area contributed by atoms with Crippen LogP contribution < -0.4 is 18.9 Å². The summed E-state index contributed by atoms with van der Waals surface area (Å²) in [7, 11) is 0. The highest BCUT2D eigenvalue weighted by atomic mass is 16.5. The van der Waals surface area contributed by atoms with Gasteiger partial charge >= 0.3 is 0 Å². The van der Waals surface area contributed by atoms with Gasteiger partial charge in [0, 0.05) is 25.3 Å². The van der Waals surface area contributed by atoms with Gasteiger partial charge < -0.3 is 29.2 Å². The quantitative estimate of drug-likeness (QED) is 0.0946. The lowest BCUT2D eigenvalue weighted by Gasteiger charge is -2.10. The molecule has 0 radical (unpaired) electrons. The zero-order valence-electron chi connectivity index (χ0n) is 26.0. The molecule has 4 aromatic carbocycles. The first-order valence-electron chi connectivity index (χ1n) is 15.9. The van der Waals surface area contributed by atoms with Crippen molar-refractivity contribution in [3.05, 3.63) is 115 Å². The lowest BCUT2D eigenvalue weighted by molar-refractivity contribution is 0.265. The summed E-state index contributed by atoms with van der Waals surface area (Å²) in [6.45, 7) is 1.76. The fraction of sp³-hybridized carbons (Fsp3) is 0.256. The van der Waals surface area contributed by atoms with E-state index in [1.165, 1.54) is 0 Å². The molecule has 7 heteroatoms. The molecule has 0 amide bonds. The minimum absolute atomic E-state index is 0.231. The third kappa shape index (κ3) is 10.1. The number of rotatable bonds is 18. The molecule has 0 aliphatic rings. The molecular weight excluding hydrogens is 578 g/mol. The second-order valence-corrected chi connectivity index (χ2v) is 10.9. The van der Waals surface area contributed by atoms with E-state index in [1.54, 1.807) is 12.1 Å². The van der Waals surface area contributed by atoms with Crippen LogP contribution in [0.1, 0.15) is 38.5 Å². The average molecular weight is 620 g/mol. The third-order valence-corrected chi connectivity index (χ3v) is 7.37. The normalized spacial score (nSPS) is 10.8. The molecular formula is C39H41NO6. The van der Waals surface area contributed by atoms with E-state index in [2.05, 4.69) is 4.98 Å². The molecule has 0 bridgehead atoms. The molecule has 0 saturated carbocycles. The van der Waals surface area contributed by atoms with E-state index in [0.717, 1.165) is 72.3 Å². The van der Waals surface area contributed by atoms with Crippen LogP contribution >= 0.6 is 0 Å². The highest BCUT2D eigenvalue weighted by molar-refractivity contribution is 5.66. The standard InChI is InChI=1S/C39H41NO6/c41-26-3-1-5-28-43-34-18-10-30(11-19-34)32-14-22-36(23-15-32)45-38-8-7-9-39(40-38)46-37-24-16-33(17-25-37)31-12-20-35(21-13-31)44-29-6-2-4-27-42/h7-25,41-42H,1-6,26-29H2. The minimum Gasteiger partial charge on any atom is -0.494 e. The smallest absolute Gasteiger partial charge is 0.222 e. The van der Waals surface area contributed by atoms with Crippen LogP contribution in [0.25, 0.3) is 22.3 Å². The van der Waals surface area contributed by atoms with Gasteiger partial charge in [0.05, 0.1) is 13.2 Å². The number of aliphatic hydroxyl groups is 2. The Hall–Kier alpha value is -4.85. The predicted octanol–water partition coefficient (Wildman–Crippen LogP) is 9.08. The van der Waals surface area contributed by atoms with E-state index >= 15 is 0 Å². The Balaban J connectivity index is 1.11. The Morgan fingerprint density at radius 3 is 1.09 bits per heavy atom. The van der Waals surface area contributed by atoms with Gasteiger partial charge in [-0.15, -0.1) is 0 Å². The van der Waals surface area contributed by atoms with Crippen molar-refractivity contribution < 1.29 is 29.2 Å². The van der Waals surface area contributed by atoms with Crippen LogP contribution in [0.5, 0.6) is 34.8 Å². The summed E-state index contributed by atoms with van der Waals surface area (Å²) in [4.78, 5) is 4.53. The summed E-state index contributed by atoms with van der Waals surface area (Å²) in [5.41, 5.74) is 4.33. The van der Waals surface area contributed by atoms with Crippen molar-refractivity contribution in [2.45, 2.75) is 38.5 Å². The van der Waals surface area contributed by atoms with Crippen LogP contribution in [-0.2, 0) is 0 Å². The summed E-state index contributed by atoms with van der Waals surface area (Å²) < 4.78 is 23.6. The first-order valence-corrected chi connectivity index (χ1v) is 15.9. The molecule has 238 valence electrons. The lowest BCUT2D eigenvalue weighted by atomic mass is 10.1. The van der Waals surface area contributed by atoms with Crippen molar-refractivity contribution in [2.24, 2.45) is 0 Å². The molecule has 0 spiro atoms. The van der Waals surface area contributed by atoms with Crippen LogP contribution in [0.4, 0.5) is 0 Å². The van der Waals surface area contributed by atoms with E-state index < -0.39 is 0 Å². The number of hydrogen-bond acceptors (Lipinski definition) is 7. The number of pyridine rings is 1. The number of unbranched alkanes of at least 4 members (excludes halogenated alkanes) is 4. The van der Waals surface area contributed by atoms with Crippen LogP contribution in [-0.4, -0.2) is 41.6 Å². The molecule has 46 heavy (non-hydrogen) atoms. The fourth-order valence-corrected chi connectivity index (χ4v) is 4.83. The Labute approximate surface area is 271 Å². The molecule has 0 aliphatic heterocycles. The Morgan fingerprint density at radius 2 is 0.739 bits per heavy atom. The number of ether oxygens (including phenoxy) is 4. The van der Waals surface area contributed by atoms with E-state index in [9.17, 15) is 0 Å². The van der Waals surface area contributed by atoms with Crippen molar-refractivity contribution in [3.8, 4) is 57.0 Å². The molecule has 0 saturated heterocycles. The maximum absolute atomic E-state index is 8.88. The van der Waals surface area contributed by atoms with Crippen LogP contribution in [0, 0.1) is 0 Å². The second kappa shape index (κ2) is 17.6. The highest BCUT2D eigenvalue weighted by Crippen LogP contribution is 2.30. The summed E-state index contributed by atoms with van der Waals surface area (Å²) in [5, 5.41) is 17.8. The van der Waals surface area contributed by atoms with E-state index in [0.29, 0.717) is 36.5 Å². The maximum Gasteiger partial charge on any atom is 0.222 e. The van der Waals surface area contributed by atoms with Gasteiger partial charge in [-0.3, -0.25) is 0 Å². The lowest BCUT2D eigenvalue weighted by Crippen LogP contribution is -1.97. The number of hydrogen-bond donors (Lipinski definition) is 2. The maximum atomic E-state index is 8.88. The zero-order valence-corrected chi connectivity index (χ0v) is 26.0. The van der Waals surface area contributed by atoms with Gasteiger partial charge in [-0.1, -0.05) is 54.6 Å². The molecule has 0 aliphatic carbocycles. The summed E-state index contributed by atoms with van der Waals surface area (Å²) in [6.07, 6.45) is 5.42. The minimum atomic E-state index is 0.231. The molecule has 5 rings (SSSR count). The van der Waals surface area contributed by atoms with Crippen molar-refractivity contribution in [3.63, 3.8) is 0 Å². The van der Waals surface area contributed by atoms with Gasteiger partial charge in [-0.2, -0.15) is 4.98 Å². The van der Waals surface area contributed by atoms with Crippen LogP contribution in [0.3, 0.4) is 0 Å². The van der Waals surface area contributed by atoms with Crippen LogP contribution in [0.15, 0.2) is 115 Å². The molecule has 0 fully saturated rings. The van der Waals surface area contributed by atoms with Crippen molar-refractivity contribution >= 4 is 0 Å². The molecule has 1 heterocycles. The monoisotopic (exact) mass is 619 g/mol. The number of nitrogens with zero attached hydrogens (tertiary/aromatic N) is 1. The molecule has 0 unspecified atom stereocenters. The summed E-state index contributed by atoms with van der Waals surface area (Å²) in [6, 6.07) is 37.3. The number of benzene rings is 4. The topological polar surface area (TPSA) is 90.3 Å². The molecule has 5 aromatic rings. The Kier molecular flexibility index (Phi) is 12.4. The fourth-order valence-electron chi connectivity index (χ4n) is 4.83. The zero-order chi connectivity index (χ0) is 31.8. The third-order valence-electron chi connectivity index (χ3n) is 7.37. The SMILES string of the molecule is OCCCCCOc1ccc(-c2ccc(Oc3cccc(Oc4ccc(-c5ccc(OCCCCCO)cc5)cc4)n3)cc2)cc1. The average Bonchev–Trinajstić information content (AvgIpc) is 3.10. The summed E-state index contributed by atoms with van der Waals surface area (Å²) >= 11 is 0. The van der Waals surface area contributed by atoms with Gasteiger partial charge in [0.25, 0.3) is 0 Å². The van der Waals surface area contributed by atoms with Crippen LogP contribution in [0.2, 0.25) is 0 Å². The number of aliphatic hydroxyl groups excluding tert-OH is 2. The van der Waals surface area contributed by atoms with Gasteiger partial charge in [-0.25, -0.2) is 0 Å². The van der Waals surface area contributed by atoms with E-state index in [1.807, 2.05) is 103 Å². The molecule has 2 N–H and O–H groups in total. The van der Waals surface area contributed by atoms with Gasteiger partial charge in [-0.05, 0) is 109 Å². The van der Waals surface area contributed by atoms with Crippen molar-refractivity contribution in [1.82, 2.24) is 4.98 Å². The number of aromatic nitrogens is 1. The molecule has 1 aromatic heterocycles. The van der Waals surface area contributed by atoms with Crippen molar-refractivity contribution in [1.29, 1.82) is 0 Å².